The van der Waals surface area contributed by atoms with E-state index >= 15 is 0 Å². The minimum absolute atomic E-state index is 0.254. The maximum atomic E-state index is 2.49. The summed E-state index contributed by atoms with van der Waals surface area (Å²) in [5.41, 5.74) is 17.7. The number of anilines is 6. The van der Waals surface area contributed by atoms with Crippen molar-refractivity contribution in [2.24, 2.45) is 0 Å². The summed E-state index contributed by atoms with van der Waals surface area (Å²) in [7, 11) is 0. The summed E-state index contributed by atoms with van der Waals surface area (Å²) in [5.74, 6) is 0. The number of hydrogen-bond acceptors (Lipinski definition) is 2. The lowest BCUT2D eigenvalue weighted by Crippen LogP contribution is -2.17. The van der Waals surface area contributed by atoms with Crippen molar-refractivity contribution >= 4 is 66.7 Å². The van der Waals surface area contributed by atoms with Crippen molar-refractivity contribution in [2.45, 2.75) is 19.3 Å². The predicted octanol–water partition coefficient (Wildman–Crippen LogP) is 16.8. The van der Waals surface area contributed by atoms with Gasteiger partial charge < -0.3 is 14.4 Å². The average molecular weight is 820 g/mol. The molecule has 0 unspecified atom stereocenters. The fourth-order valence-electron chi connectivity index (χ4n) is 10.2. The molecule has 0 atom stereocenters. The summed E-state index contributed by atoms with van der Waals surface area (Å²) >= 11 is 0. The average Bonchev–Trinajstić information content (AvgIpc) is 3.81. The highest BCUT2D eigenvalue weighted by molar-refractivity contribution is 6.18. The van der Waals surface area contributed by atoms with Crippen LogP contribution >= 0.6 is 0 Å². The normalized spacial score (nSPS) is 12.7. The van der Waals surface area contributed by atoms with Gasteiger partial charge in [0.1, 0.15) is 0 Å². The topological polar surface area (TPSA) is 11.4 Å². The van der Waals surface area contributed by atoms with Crippen LogP contribution in [0.4, 0.5) is 34.1 Å². The Hall–Kier alpha value is -8.14. The molecule has 12 rings (SSSR count). The van der Waals surface area contributed by atoms with Gasteiger partial charge in [0.05, 0.1) is 11.0 Å². The molecular formula is C61H45N3. The third-order valence-corrected chi connectivity index (χ3v) is 13.3. The van der Waals surface area contributed by atoms with Crippen LogP contribution in [0.1, 0.15) is 25.0 Å². The Balaban J connectivity index is 0.973. The number of benzene rings is 10. The first-order valence-corrected chi connectivity index (χ1v) is 22.2. The van der Waals surface area contributed by atoms with Crippen LogP contribution in [0.3, 0.4) is 0 Å². The first-order chi connectivity index (χ1) is 31.5. The Bertz CT molecular complexity index is 3460. The first-order valence-electron chi connectivity index (χ1n) is 22.2. The predicted molar refractivity (Wildman–Crippen MR) is 271 cm³/mol. The fraction of sp³-hybridized carbons (Fsp3) is 0.0492. The molecule has 3 nitrogen and oxygen atoms in total. The zero-order chi connectivity index (χ0) is 42.8. The second-order valence-electron chi connectivity index (χ2n) is 17.4. The molecule has 0 bridgehead atoms. The van der Waals surface area contributed by atoms with Crippen LogP contribution < -0.4 is 9.80 Å². The lowest BCUT2D eigenvalue weighted by molar-refractivity contribution is 0.660. The molecule has 0 amide bonds. The number of para-hydroxylation sites is 3. The lowest BCUT2D eigenvalue weighted by atomic mass is 9.82. The molecule has 0 radical (unpaired) electrons. The SMILES string of the molecule is CC1(C)c2cc(N(c3ccc(-c4ccccc4)cc3)c3ccc(N(c4ccccc4)c4ccccc4)cc3)ccc2-c2ccc(-n3c4ccccc4c4ccc5ccccc5c43)cc21. The van der Waals surface area contributed by atoms with Gasteiger partial charge in [-0.05, 0) is 130 Å². The van der Waals surface area contributed by atoms with Gasteiger partial charge in [0, 0.05) is 61.4 Å². The largest absolute Gasteiger partial charge is 0.311 e. The van der Waals surface area contributed by atoms with Crippen molar-refractivity contribution in [1.82, 2.24) is 4.57 Å². The molecule has 0 spiro atoms. The van der Waals surface area contributed by atoms with Crippen LogP contribution in [0.5, 0.6) is 0 Å². The smallest absolute Gasteiger partial charge is 0.0619 e. The number of fused-ring (bicyclic) bond motifs is 8. The van der Waals surface area contributed by atoms with Crippen LogP contribution in [0.25, 0.3) is 60.5 Å². The zero-order valence-electron chi connectivity index (χ0n) is 35.9. The van der Waals surface area contributed by atoms with E-state index in [1.165, 1.54) is 71.6 Å². The van der Waals surface area contributed by atoms with E-state index in [4.69, 9.17) is 0 Å². The highest BCUT2D eigenvalue weighted by atomic mass is 15.2. The molecule has 64 heavy (non-hydrogen) atoms. The van der Waals surface area contributed by atoms with E-state index in [-0.39, 0.29) is 5.41 Å². The Morgan fingerprint density at radius 1 is 0.344 bits per heavy atom. The molecule has 1 aliphatic carbocycles. The molecule has 1 heterocycles. The summed E-state index contributed by atoms with van der Waals surface area (Å²) in [5, 5.41) is 5.06. The maximum Gasteiger partial charge on any atom is 0.0619 e. The van der Waals surface area contributed by atoms with E-state index in [2.05, 4.69) is 265 Å². The Labute approximate surface area is 374 Å². The van der Waals surface area contributed by atoms with Gasteiger partial charge in [-0.15, -0.1) is 0 Å². The minimum atomic E-state index is -0.254. The van der Waals surface area contributed by atoms with Gasteiger partial charge in [-0.2, -0.15) is 0 Å². The highest BCUT2D eigenvalue weighted by Gasteiger charge is 2.37. The number of nitrogens with zero attached hydrogens (tertiary/aromatic N) is 3. The molecule has 1 aliphatic rings. The van der Waals surface area contributed by atoms with Gasteiger partial charge in [-0.25, -0.2) is 0 Å². The number of aromatic nitrogens is 1. The molecule has 0 aliphatic heterocycles. The second kappa shape index (κ2) is 15.0. The number of hydrogen-bond donors (Lipinski definition) is 0. The molecule has 0 saturated heterocycles. The van der Waals surface area contributed by atoms with Crippen molar-refractivity contribution in [3.8, 4) is 27.9 Å². The first kappa shape index (κ1) is 37.6. The number of rotatable bonds is 8. The summed E-state index contributed by atoms with van der Waals surface area (Å²) in [4.78, 5) is 4.72. The summed E-state index contributed by atoms with van der Waals surface area (Å²) in [6, 6.07) is 86.2. The van der Waals surface area contributed by atoms with Crippen molar-refractivity contribution in [2.75, 3.05) is 9.80 Å². The van der Waals surface area contributed by atoms with Crippen molar-refractivity contribution in [1.29, 1.82) is 0 Å². The molecular weight excluding hydrogens is 775 g/mol. The Kier molecular flexibility index (Phi) is 8.84. The van der Waals surface area contributed by atoms with Gasteiger partial charge >= 0.3 is 0 Å². The summed E-state index contributed by atoms with van der Waals surface area (Å²) in [6.07, 6.45) is 0. The third-order valence-electron chi connectivity index (χ3n) is 13.3. The molecule has 0 N–H and O–H groups in total. The van der Waals surface area contributed by atoms with E-state index in [9.17, 15) is 0 Å². The van der Waals surface area contributed by atoms with E-state index in [0.717, 1.165) is 34.1 Å². The van der Waals surface area contributed by atoms with Gasteiger partial charge in [0.25, 0.3) is 0 Å². The molecule has 0 saturated carbocycles. The quantitative estimate of drug-likeness (QED) is 0.151. The van der Waals surface area contributed by atoms with Gasteiger partial charge in [0.15, 0.2) is 0 Å². The monoisotopic (exact) mass is 819 g/mol. The molecule has 304 valence electrons. The fourth-order valence-corrected chi connectivity index (χ4v) is 10.2. The van der Waals surface area contributed by atoms with Crippen LogP contribution in [-0.2, 0) is 5.41 Å². The van der Waals surface area contributed by atoms with Gasteiger partial charge in [0.2, 0.25) is 0 Å². The highest BCUT2D eigenvalue weighted by Crippen LogP contribution is 2.52. The van der Waals surface area contributed by atoms with E-state index in [0.29, 0.717) is 0 Å². The van der Waals surface area contributed by atoms with Gasteiger partial charge in [-0.3, -0.25) is 0 Å². The molecule has 3 heteroatoms. The van der Waals surface area contributed by atoms with Gasteiger partial charge in [-0.1, -0.05) is 159 Å². The third kappa shape index (κ3) is 6.12. The van der Waals surface area contributed by atoms with Crippen LogP contribution in [0.2, 0.25) is 0 Å². The molecule has 0 fully saturated rings. The summed E-state index contributed by atoms with van der Waals surface area (Å²) < 4.78 is 2.49. The van der Waals surface area contributed by atoms with Crippen LogP contribution in [0, 0.1) is 0 Å². The molecule has 11 aromatic rings. The van der Waals surface area contributed by atoms with Crippen LogP contribution in [0.15, 0.2) is 237 Å². The van der Waals surface area contributed by atoms with Crippen molar-refractivity contribution in [3.63, 3.8) is 0 Å². The maximum absolute atomic E-state index is 2.49. The van der Waals surface area contributed by atoms with E-state index in [1.54, 1.807) is 0 Å². The van der Waals surface area contributed by atoms with E-state index < -0.39 is 0 Å². The molecule has 10 aromatic carbocycles. The minimum Gasteiger partial charge on any atom is -0.311 e. The van der Waals surface area contributed by atoms with Crippen molar-refractivity contribution < 1.29 is 0 Å². The Morgan fingerprint density at radius 3 is 1.47 bits per heavy atom. The Morgan fingerprint density at radius 2 is 0.812 bits per heavy atom. The van der Waals surface area contributed by atoms with Crippen LogP contribution in [-0.4, -0.2) is 4.57 Å². The lowest BCUT2D eigenvalue weighted by Gasteiger charge is -2.29. The summed E-state index contributed by atoms with van der Waals surface area (Å²) in [6.45, 7) is 4.78. The second-order valence-corrected chi connectivity index (χ2v) is 17.4. The zero-order valence-corrected chi connectivity index (χ0v) is 35.9. The van der Waals surface area contributed by atoms with Crippen molar-refractivity contribution in [3.05, 3.63) is 248 Å². The van der Waals surface area contributed by atoms with E-state index in [1.807, 2.05) is 0 Å². The standard InChI is InChI=1S/C61H45N3/c1-61(2)57-40-50(35-38-53(57)54-39-36-51(41-58(54)61)64-59-25-15-14-24-55(59)56-37-28-44-18-12-13-23-52(44)60(56)64)63(47-29-26-43(27-30-47)42-16-6-3-7-17-42)49-33-31-48(32-34-49)62(45-19-8-4-9-20-45)46-21-10-5-11-22-46/h3-41H,1-2H3. The molecule has 1 aromatic heterocycles.